The molecule has 0 N–H and O–H groups in total. The molecule has 8 rings (SSSR count). The molecular formula is C42H33NO5. The van der Waals surface area contributed by atoms with Crippen LogP contribution in [0.3, 0.4) is 0 Å². The molecule has 48 heavy (non-hydrogen) atoms. The largest absolute Gasteiger partial charge is 0.497 e. The van der Waals surface area contributed by atoms with E-state index in [1.54, 1.807) is 14.2 Å². The average molecular weight is 632 g/mol. The number of methoxy groups -OCH3 is 2. The smallest absolute Gasteiger partial charge is 0.239 e. The van der Waals surface area contributed by atoms with Crippen molar-refractivity contribution in [1.29, 1.82) is 0 Å². The van der Waals surface area contributed by atoms with E-state index in [0.29, 0.717) is 28.3 Å². The first kappa shape index (κ1) is 29.6. The Hall–Kier alpha value is -5.75. The third-order valence-electron chi connectivity index (χ3n) is 10.5. The number of ketones is 1. The number of nitrogens with zero attached hydrogens (tertiary/aromatic N) is 1. The summed E-state index contributed by atoms with van der Waals surface area (Å²) in [5, 5.41) is 0. The molecule has 1 heterocycles. The zero-order chi connectivity index (χ0) is 33.2. The third kappa shape index (κ3) is 3.77. The molecule has 4 atom stereocenters. The number of fused-ring (bicyclic) bond motifs is 5. The van der Waals surface area contributed by atoms with Crippen LogP contribution in [0.4, 0.5) is 5.69 Å². The van der Waals surface area contributed by atoms with Crippen LogP contribution < -0.4 is 14.4 Å². The Morgan fingerprint density at radius 2 is 0.917 bits per heavy atom. The predicted molar refractivity (Wildman–Crippen MR) is 185 cm³/mol. The number of Topliss-reactive ketones (excluding diaryl/α,β-unsaturated/α-hetero) is 1. The second-order valence-electron chi connectivity index (χ2n) is 12.7. The summed E-state index contributed by atoms with van der Waals surface area (Å²) in [5.74, 6) is -1.54. The Morgan fingerprint density at radius 1 is 0.521 bits per heavy atom. The lowest BCUT2D eigenvalue weighted by molar-refractivity contribution is -0.130. The van der Waals surface area contributed by atoms with Crippen molar-refractivity contribution in [3.05, 3.63) is 161 Å². The first-order valence-electron chi connectivity index (χ1n) is 16.0. The van der Waals surface area contributed by atoms with Gasteiger partial charge in [0.2, 0.25) is 11.8 Å². The van der Waals surface area contributed by atoms with Gasteiger partial charge in [-0.05, 0) is 76.7 Å². The van der Waals surface area contributed by atoms with Gasteiger partial charge in [-0.2, -0.15) is 0 Å². The van der Waals surface area contributed by atoms with Crippen LogP contribution in [-0.2, 0) is 25.2 Å². The number of imide groups is 1. The zero-order valence-corrected chi connectivity index (χ0v) is 26.8. The van der Waals surface area contributed by atoms with Crippen LogP contribution >= 0.6 is 0 Å². The van der Waals surface area contributed by atoms with E-state index in [2.05, 4.69) is 0 Å². The maximum Gasteiger partial charge on any atom is 0.239 e. The van der Waals surface area contributed by atoms with Gasteiger partial charge in [-0.3, -0.25) is 14.4 Å². The molecule has 1 saturated carbocycles. The van der Waals surface area contributed by atoms with Crippen LogP contribution in [0, 0.1) is 18.8 Å². The highest BCUT2D eigenvalue weighted by atomic mass is 16.5. The van der Waals surface area contributed by atoms with Gasteiger partial charge in [0.15, 0.2) is 5.78 Å². The van der Waals surface area contributed by atoms with E-state index >= 15 is 14.4 Å². The van der Waals surface area contributed by atoms with Crippen molar-refractivity contribution in [2.24, 2.45) is 11.8 Å². The van der Waals surface area contributed by atoms with Crippen molar-refractivity contribution < 1.29 is 23.9 Å². The van der Waals surface area contributed by atoms with E-state index in [-0.39, 0.29) is 17.6 Å². The lowest BCUT2D eigenvalue weighted by Crippen LogP contribution is -2.45. The Kier molecular flexibility index (Phi) is 6.74. The summed E-state index contributed by atoms with van der Waals surface area (Å²) in [6.45, 7) is 1.96. The molecule has 1 saturated heterocycles. The first-order chi connectivity index (χ1) is 23.4. The van der Waals surface area contributed by atoms with Crippen LogP contribution in [0.5, 0.6) is 11.5 Å². The highest BCUT2D eigenvalue weighted by molar-refractivity contribution is 6.39. The van der Waals surface area contributed by atoms with Gasteiger partial charge in [0.05, 0.1) is 42.6 Å². The molecule has 0 unspecified atom stereocenters. The summed E-state index contributed by atoms with van der Waals surface area (Å²) in [6.07, 6.45) is 0. The lowest BCUT2D eigenvalue weighted by atomic mass is 9.59. The molecule has 0 radical (unpaired) electrons. The minimum atomic E-state index is -1.47. The average Bonchev–Trinajstić information content (AvgIpc) is 3.65. The monoisotopic (exact) mass is 631 g/mol. The highest BCUT2D eigenvalue weighted by Crippen LogP contribution is 2.74. The van der Waals surface area contributed by atoms with E-state index in [4.69, 9.17) is 9.47 Å². The van der Waals surface area contributed by atoms with Crippen molar-refractivity contribution in [1.82, 2.24) is 0 Å². The van der Waals surface area contributed by atoms with Gasteiger partial charge in [0.25, 0.3) is 0 Å². The molecule has 5 aromatic rings. The number of ether oxygens (including phenoxy) is 2. The standard InChI is InChI=1S/C42H33NO5/c1-26-14-20-31(21-15-26)43-38(44)36-37(39(43)45)42(30-12-8-5-9-13-30)35(28-18-24-33(48-3)25-19-28)34(27-16-22-32(47-2)23-17-27)41(36,40(42)46)29-10-6-4-7-11-29/h4-25,36-37H,1-3H3/t36-,37-,41+,42+/m0/s1. The Morgan fingerprint density at radius 3 is 1.29 bits per heavy atom. The number of aryl methyl sites for hydroxylation is 1. The maximum absolute atomic E-state index is 16.0. The molecule has 2 fully saturated rings. The summed E-state index contributed by atoms with van der Waals surface area (Å²) < 4.78 is 11.0. The molecule has 2 amide bonds. The zero-order valence-electron chi connectivity index (χ0n) is 26.8. The number of hydrogen-bond acceptors (Lipinski definition) is 5. The number of hydrogen-bond donors (Lipinski definition) is 0. The van der Waals surface area contributed by atoms with Gasteiger partial charge in [-0.15, -0.1) is 0 Å². The molecule has 0 spiro atoms. The normalized spacial score (nSPS) is 24.3. The number of amides is 2. The van der Waals surface area contributed by atoms with E-state index in [1.807, 2.05) is 140 Å². The molecule has 1 aliphatic heterocycles. The van der Waals surface area contributed by atoms with Crippen LogP contribution in [0.2, 0.25) is 0 Å². The SMILES string of the molecule is COc1ccc(C2=C(c3ccc(OC)cc3)[C@@]3(c4ccccc4)C(=O)[C@@]2(c2ccccc2)[C@@H]2C(=O)N(c4ccc(C)cc4)C(=O)[C@H]23)cc1. The molecule has 6 heteroatoms. The van der Waals surface area contributed by atoms with Crippen molar-refractivity contribution in [3.8, 4) is 11.5 Å². The summed E-state index contributed by atoms with van der Waals surface area (Å²) in [7, 11) is 3.22. The second-order valence-corrected chi connectivity index (χ2v) is 12.7. The minimum absolute atomic E-state index is 0.163. The van der Waals surface area contributed by atoms with Crippen molar-refractivity contribution in [3.63, 3.8) is 0 Å². The van der Waals surface area contributed by atoms with E-state index in [9.17, 15) is 0 Å². The summed E-state index contributed by atoms with van der Waals surface area (Å²) >= 11 is 0. The number of anilines is 1. The molecular weight excluding hydrogens is 598 g/mol. The molecule has 6 nitrogen and oxygen atoms in total. The van der Waals surface area contributed by atoms with Crippen LogP contribution in [0.25, 0.3) is 11.1 Å². The summed E-state index contributed by atoms with van der Waals surface area (Å²) in [6, 6.07) is 41.7. The molecule has 3 aliphatic rings. The van der Waals surface area contributed by atoms with E-state index in [1.165, 1.54) is 4.90 Å². The van der Waals surface area contributed by atoms with E-state index < -0.39 is 22.7 Å². The number of rotatable bonds is 7. The maximum atomic E-state index is 16.0. The van der Waals surface area contributed by atoms with Crippen LogP contribution in [0.15, 0.2) is 133 Å². The fraction of sp³-hybridized carbons (Fsp3) is 0.167. The molecule has 236 valence electrons. The number of carbonyl (C=O) groups is 3. The number of allylic oxidation sites excluding steroid dienone is 2. The Bertz CT molecular complexity index is 1970. The van der Waals surface area contributed by atoms with Crippen molar-refractivity contribution in [2.75, 3.05) is 19.1 Å². The summed E-state index contributed by atoms with van der Waals surface area (Å²) in [4.78, 5) is 47.5. The third-order valence-corrected chi connectivity index (χ3v) is 10.5. The fourth-order valence-corrected chi connectivity index (χ4v) is 8.59. The van der Waals surface area contributed by atoms with Gasteiger partial charge in [-0.1, -0.05) is 103 Å². The lowest BCUT2D eigenvalue weighted by Gasteiger charge is -2.39. The Balaban J connectivity index is 1.54. The van der Waals surface area contributed by atoms with Gasteiger partial charge in [0.1, 0.15) is 11.5 Å². The van der Waals surface area contributed by atoms with Crippen molar-refractivity contribution in [2.45, 2.75) is 17.8 Å². The summed E-state index contributed by atoms with van der Waals surface area (Å²) in [5.41, 5.74) is 2.95. The first-order valence-corrected chi connectivity index (χ1v) is 16.0. The molecule has 0 aromatic heterocycles. The van der Waals surface area contributed by atoms with Gasteiger partial charge in [0, 0.05) is 0 Å². The minimum Gasteiger partial charge on any atom is -0.497 e. The molecule has 2 bridgehead atoms. The quantitative estimate of drug-likeness (QED) is 0.178. The van der Waals surface area contributed by atoms with Gasteiger partial charge < -0.3 is 9.47 Å². The fourth-order valence-electron chi connectivity index (χ4n) is 8.59. The topological polar surface area (TPSA) is 72.9 Å². The molecule has 2 aliphatic carbocycles. The second kappa shape index (κ2) is 10.9. The van der Waals surface area contributed by atoms with Crippen molar-refractivity contribution >= 4 is 34.4 Å². The van der Waals surface area contributed by atoms with Gasteiger partial charge >= 0.3 is 0 Å². The van der Waals surface area contributed by atoms with Crippen LogP contribution in [0.1, 0.15) is 27.8 Å². The predicted octanol–water partition coefficient (Wildman–Crippen LogP) is 7.20. The highest BCUT2D eigenvalue weighted by Gasteiger charge is 2.82. The van der Waals surface area contributed by atoms with E-state index in [0.717, 1.165) is 27.8 Å². The van der Waals surface area contributed by atoms with Crippen LogP contribution in [-0.4, -0.2) is 31.8 Å². The Labute approximate surface area is 279 Å². The van der Waals surface area contributed by atoms with Gasteiger partial charge in [-0.25, -0.2) is 4.90 Å². The number of carbonyl (C=O) groups excluding carboxylic acids is 3. The number of benzene rings is 5. The molecule has 5 aromatic carbocycles.